The average molecular weight is 277 g/mol. The van der Waals surface area contributed by atoms with E-state index in [0.717, 1.165) is 0 Å². The second kappa shape index (κ2) is 4.27. The normalized spacial score (nSPS) is 18.6. The van der Waals surface area contributed by atoms with Gasteiger partial charge in [-0.25, -0.2) is 4.79 Å². The van der Waals surface area contributed by atoms with Crippen molar-refractivity contribution in [2.24, 2.45) is 0 Å². The number of hydrogen-bond acceptors (Lipinski definition) is 4. The summed E-state index contributed by atoms with van der Waals surface area (Å²) in [6.07, 6.45) is 0.124. The SMILES string of the molecule is COc1c(Cl)c(O)c(Cl)c2c1C(=O)OC(C)C2. The van der Waals surface area contributed by atoms with Gasteiger partial charge in [-0.15, -0.1) is 0 Å². The lowest BCUT2D eigenvalue weighted by molar-refractivity contribution is 0.0296. The van der Waals surface area contributed by atoms with Gasteiger partial charge in [0, 0.05) is 6.42 Å². The number of aromatic hydroxyl groups is 1. The van der Waals surface area contributed by atoms with E-state index in [0.29, 0.717) is 12.0 Å². The number of methoxy groups -OCH3 is 1. The van der Waals surface area contributed by atoms with E-state index in [1.807, 2.05) is 0 Å². The molecule has 1 heterocycles. The van der Waals surface area contributed by atoms with E-state index in [1.54, 1.807) is 6.92 Å². The highest BCUT2D eigenvalue weighted by molar-refractivity contribution is 6.39. The van der Waals surface area contributed by atoms with Gasteiger partial charge in [-0.3, -0.25) is 0 Å². The Labute approximate surface area is 108 Å². The van der Waals surface area contributed by atoms with Crippen LogP contribution >= 0.6 is 23.2 Å². The Morgan fingerprint density at radius 1 is 1.41 bits per heavy atom. The molecule has 1 N–H and O–H groups in total. The first-order valence-electron chi connectivity index (χ1n) is 4.95. The Balaban J connectivity index is 2.77. The van der Waals surface area contributed by atoms with E-state index >= 15 is 0 Å². The van der Waals surface area contributed by atoms with Gasteiger partial charge in [0.1, 0.15) is 16.7 Å². The second-order valence-corrected chi connectivity index (χ2v) is 4.54. The zero-order valence-electron chi connectivity index (χ0n) is 9.21. The van der Waals surface area contributed by atoms with Crippen molar-refractivity contribution >= 4 is 29.2 Å². The molecule has 1 aliphatic heterocycles. The van der Waals surface area contributed by atoms with Gasteiger partial charge in [0.15, 0.2) is 11.5 Å². The summed E-state index contributed by atoms with van der Waals surface area (Å²) >= 11 is 11.8. The molecule has 1 aromatic rings. The number of hydrogen-bond donors (Lipinski definition) is 1. The van der Waals surface area contributed by atoms with Gasteiger partial charge in [-0.2, -0.15) is 0 Å². The molecule has 92 valence electrons. The van der Waals surface area contributed by atoms with Crippen molar-refractivity contribution in [3.05, 3.63) is 21.2 Å². The Bertz CT molecular complexity index is 499. The van der Waals surface area contributed by atoms with Crippen LogP contribution in [-0.4, -0.2) is 24.3 Å². The van der Waals surface area contributed by atoms with Crippen molar-refractivity contribution in [1.29, 1.82) is 0 Å². The van der Waals surface area contributed by atoms with E-state index in [4.69, 9.17) is 32.7 Å². The highest BCUT2D eigenvalue weighted by Gasteiger charge is 2.33. The minimum absolute atomic E-state index is 0.0781. The maximum Gasteiger partial charge on any atom is 0.342 e. The number of benzene rings is 1. The molecule has 1 aliphatic rings. The van der Waals surface area contributed by atoms with Crippen LogP contribution < -0.4 is 4.74 Å². The molecule has 0 saturated heterocycles. The van der Waals surface area contributed by atoms with Gasteiger partial charge in [-0.05, 0) is 12.5 Å². The molecule has 0 saturated carbocycles. The van der Waals surface area contributed by atoms with Crippen LogP contribution in [0.15, 0.2) is 0 Å². The molecule has 0 spiro atoms. The first-order chi connectivity index (χ1) is 7.97. The molecule has 6 heteroatoms. The van der Waals surface area contributed by atoms with Crippen LogP contribution in [0.3, 0.4) is 0 Å². The molecule has 0 fully saturated rings. The summed E-state index contributed by atoms with van der Waals surface area (Å²) in [7, 11) is 1.36. The lowest BCUT2D eigenvalue weighted by atomic mass is 9.97. The van der Waals surface area contributed by atoms with E-state index in [2.05, 4.69) is 0 Å². The summed E-state index contributed by atoms with van der Waals surface area (Å²) < 4.78 is 10.1. The number of carbonyl (C=O) groups excluding carboxylic acids is 1. The second-order valence-electron chi connectivity index (χ2n) is 3.78. The fourth-order valence-electron chi connectivity index (χ4n) is 1.87. The number of phenols is 1. The van der Waals surface area contributed by atoms with Crippen LogP contribution in [0.25, 0.3) is 0 Å². The zero-order chi connectivity index (χ0) is 12.7. The van der Waals surface area contributed by atoms with Crippen molar-refractivity contribution in [3.8, 4) is 11.5 Å². The quantitative estimate of drug-likeness (QED) is 0.802. The molecule has 0 amide bonds. The van der Waals surface area contributed by atoms with Crippen LogP contribution in [0.4, 0.5) is 0 Å². The molecule has 1 unspecified atom stereocenters. The molecule has 2 rings (SSSR count). The summed E-state index contributed by atoms with van der Waals surface area (Å²) in [5, 5.41) is 9.75. The van der Waals surface area contributed by atoms with E-state index in [9.17, 15) is 9.90 Å². The standard InChI is InChI=1S/C11H10Cl2O4/c1-4-3-5-6(11(15)17-4)10(16-2)8(13)9(14)7(5)12/h4,14H,3H2,1-2H3. The summed E-state index contributed by atoms with van der Waals surface area (Å²) in [6.45, 7) is 1.75. The van der Waals surface area contributed by atoms with Crippen molar-refractivity contribution in [3.63, 3.8) is 0 Å². The minimum atomic E-state index is -0.542. The number of halogens is 2. The lowest BCUT2D eigenvalue weighted by Gasteiger charge is -2.25. The number of esters is 1. The van der Waals surface area contributed by atoms with Gasteiger partial charge >= 0.3 is 5.97 Å². The molecule has 1 aromatic carbocycles. The van der Waals surface area contributed by atoms with Crippen molar-refractivity contribution < 1.29 is 19.4 Å². The molecule has 0 bridgehead atoms. The van der Waals surface area contributed by atoms with Gasteiger partial charge < -0.3 is 14.6 Å². The highest BCUT2D eigenvalue weighted by atomic mass is 35.5. The number of ether oxygens (including phenoxy) is 2. The first kappa shape index (κ1) is 12.3. The smallest absolute Gasteiger partial charge is 0.342 e. The average Bonchev–Trinajstić information content (AvgIpc) is 2.28. The summed E-state index contributed by atoms with van der Waals surface area (Å²) in [4.78, 5) is 11.8. The molecule has 0 radical (unpaired) electrons. The van der Waals surface area contributed by atoms with Crippen LogP contribution in [0.1, 0.15) is 22.8 Å². The molecule has 0 aromatic heterocycles. The van der Waals surface area contributed by atoms with Crippen LogP contribution in [0.2, 0.25) is 10.0 Å². The molecule has 1 atom stereocenters. The minimum Gasteiger partial charge on any atom is -0.505 e. The summed E-state index contributed by atoms with van der Waals surface area (Å²) in [6, 6.07) is 0. The van der Waals surface area contributed by atoms with Gasteiger partial charge in [-0.1, -0.05) is 23.2 Å². The highest BCUT2D eigenvalue weighted by Crippen LogP contribution is 2.46. The van der Waals surface area contributed by atoms with E-state index in [1.165, 1.54) is 7.11 Å². The van der Waals surface area contributed by atoms with Crippen LogP contribution in [-0.2, 0) is 11.2 Å². The van der Waals surface area contributed by atoms with Crippen molar-refractivity contribution in [2.45, 2.75) is 19.4 Å². The molecular formula is C11H10Cl2O4. The van der Waals surface area contributed by atoms with Crippen LogP contribution in [0.5, 0.6) is 11.5 Å². The third-order valence-electron chi connectivity index (χ3n) is 2.62. The third kappa shape index (κ3) is 1.81. The van der Waals surface area contributed by atoms with Gasteiger partial charge in [0.05, 0.1) is 12.1 Å². The third-order valence-corrected chi connectivity index (χ3v) is 3.37. The number of cyclic esters (lactones) is 1. The Kier molecular flexibility index (Phi) is 3.10. The zero-order valence-corrected chi connectivity index (χ0v) is 10.7. The van der Waals surface area contributed by atoms with E-state index in [-0.39, 0.29) is 33.2 Å². The molecule has 17 heavy (non-hydrogen) atoms. The Morgan fingerprint density at radius 2 is 2.06 bits per heavy atom. The molecular weight excluding hydrogens is 267 g/mol. The molecule has 4 nitrogen and oxygen atoms in total. The predicted molar refractivity (Wildman–Crippen MR) is 63.3 cm³/mol. The largest absolute Gasteiger partial charge is 0.505 e. The monoisotopic (exact) mass is 276 g/mol. The number of carbonyl (C=O) groups is 1. The summed E-state index contributed by atoms with van der Waals surface area (Å²) in [5.74, 6) is -0.717. The number of fused-ring (bicyclic) bond motifs is 1. The maximum absolute atomic E-state index is 11.8. The summed E-state index contributed by atoms with van der Waals surface area (Å²) in [5.41, 5.74) is 0.701. The molecule has 0 aliphatic carbocycles. The Hall–Kier alpha value is -1.13. The van der Waals surface area contributed by atoms with Gasteiger partial charge in [0.2, 0.25) is 0 Å². The fourth-order valence-corrected chi connectivity index (χ4v) is 2.45. The number of rotatable bonds is 1. The van der Waals surface area contributed by atoms with E-state index < -0.39 is 5.97 Å². The fraction of sp³-hybridized carbons (Fsp3) is 0.364. The predicted octanol–water partition coefficient (Wildman–Crippen LogP) is 2.81. The van der Waals surface area contributed by atoms with Crippen molar-refractivity contribution in [2.75, 3.05) is 7.11 Å². The Morgan fingerprint density at radius 3 is 2.65 bits per heavy atom. The van der Waals surface area contributed by atoms with Gasteiger partial charge in [0.25, 0.3) is 0 Å². The lowest BCUT2D eigenvalue weighted by Crippen LogP contribution is -2.26. The van der Waals surface area contributed by atoms with Crippen molar-refractivity contribution in [1.82, 2.24) is 0 Å². The number of phenolic OH excluding ortho intramolecular Hbond substituents is 1. The topological polar surface area (TPSA) is 55.8 Å². The maximum atomic E-state index is 11.8. The van der Waals surface area contributed by atoms with Crippen LogP contribution in [0, 0.1) is 0 Å². The first-order valence-corrected chi connectivity index (χ1v) is 5.70.